The lowest BCUT2D eigenvalue weighted by molar-refractivity contribution is 0.970. The van der Waals surface area contributed by atoms with Gasteiger partial charge in [-0.2, -0.15) is 0 Å². The molecule has 1 aromatic carbocycles. The molecule has 2 aromatic heterocycles. The molecule has 3 nitrogen and oxygen atoms in total. The van der Waals surface area contributed by atoms with Gasteiger partial charge in [0.15, 0.2) is 5.13 Å². The van der Waals surface area contributed by atoms with Crippen LogP contribution < -0.4 is 5.32 Å². The number of halogens is 1. The quantitative estimate of drug-likeness (QED) is 0.770. The lowest BCUT2D eigenvalue weighted by atomic mass is 10.1. The van der Waals surface area contributed by atoms with Crippen molar-refractivity contribution < 1.29 is 0 Å². The van der Waals surface area contributed by atoms with Crippen LogP contribution in [0.15, 0.2) is 36.5 Å². The third-order valence-electron chi connectivity index (χ3n) is 3.12. The molecule has 3 aromatic rings. The van der Waals surface area contributed by atoms with E-state index in [2.05, 4.69) is 28.3 Å². The van der Waals surface area contributed by atoms with Gasteiger partial charge >= 0.3 is 0 Å². The molecule has 0 atom stereocenters. The molecular formula is C15H14ClN3S. The molecule has 3 rings (SSSR count). The molecule has 2 heterocycles. The Morgan fingerprint density at radius 1 is 1.30 bits per heavy atom. The first-order chi connectivity index (χ1) is 9.76. The van der Waals surface area contributed by atoms with Crippen LogP contribution in [0.5, 0.6) is 0 Å². The number of nitrogens with zero attached hydrogens (tertiary/aromatic N) is 2. The fraction of sp³-hybridized carbons (Fsp3) is 0.200. The zero-order chi connectivity index (χ0) is 13.9. The zero-order valence-electron chi connectivity index (χ0n) is 11.1. The standard InChI is InChI=1S/C15H14ClN3S/c1-2-10-4-3-7-17-13(10)9-18-15-19-12-8-11(16)5-6-14(12)20-15/h3-8H,2,9H2,1H3,(H,18,19). The summed E-state index contributed by atoms with van der Waals surface area (Å²) >= 11 is 7.60. The number of thiazole rings is 1. The van der Waals surface area contributed by atoms with E-state index in [0.717, 1.165) is 27.5 Å². The Bertz CT molecular complexity index is 739. The van der Waals surface area contributed by atoms with Gasteiger partial charge in [0, 0.05) is 11.2 Å². The molecule has 0 fully saturated rings. The Morgan fingerprint density at radius 3 is 3.05 bits per heavy atom. The van der Waals surface area contributed by atoms with Gasteiger partial charge in [0.1, 0.15) is 0 Å². The lowest BCUT2D eigenvalue weighted by Gasteiger charge is -2.06. The highest BCUT2D eigenvalue weighted by Gasteiger charge is 2.06. The summed E-state index contributed by atoms with van der Waals surface area (Å²) in [7, 11) is 0. The van der Waals surface area contributed by atoms with Crippen LogP contribution >= 0.6 is 22.9 Å². The fourth-order valence-electron chi connectivity index (χ4n) is 2.09. The van der Waals surface area contributed by atoms with Crippen molar-refractivity contribution in [3.8, 4) is 0 Å². The summed E-state index contributed by atoms with van der Waals surface area (Å²) in [5, 5.41) is 4.96. The van der Waals surface area contributed by atoms with Crippen molar-refractivity contribution >= 4 is 38.3 Å². The molecule has 0 aliphatic heterocycles. The molecule has 102 valence electrons. The zero-order valence-corrected chi connectivity index (χ0v) is 12.6. The Kier molecular flexibility index (Phi) is 3.85. The Morgan fingerprint density at radius 2 is 2.20 bits per heavy atom. The molecule has 0 bridgehead atoms. The summed E-state index contributed by atoms with van der Waals surface area (Å²) in [4.78, 5) is 8.97. The van der Waals surface area contributed by atoms with E-state index in [9.17, 15) is 0 Å². The predicted molar refractivity (Wildman–Crippen MR) is 85.6 cm³/mol. The van der Waals surface area contributed by atoms with Crippen LogP contribution in [-0.4, -0.2) is 9.97 Å². The van der Waals surface area contributed by atoms with Crippen LogP contribution in [0, 0.1) is 0 Å². The second-order valence-electron chi connectivity index (χ2n) is 4.45. The van der Waals surface area contributed by atoms with Gasteiger partial charge in [-0.3, -0.25) is 4.98 Å². The summed E-state index contributed by atoms with van der Waals surface area (Å²) in [6, 6.07) is 9.86. The van der Waals surface area contributed by atoms with E-state index in [1.807, 2.05) is 30.5 Å². The first-order valence-electron chi connectivity index (χ1n) is 6.49. The highest BCUT2D eigenvalue weighted by molar-refractivity contribution is 7.22. The first-order valence-corrected chi connectivity index (χ1v) is 7.68. The maximum absolute atomic E-state index is 5.97. The number of benzene rings is 1. The smallest absolute Gasteiger partial charge is 0.184 e. The summed E-state index contributed by atoms with van der Waals surface area (Å²) in [5.41, 5.74) is 3.28. The Balaban J connectivity index is 1.79. The molecule has 20 heavy (non-hydrogen) atoms. The number of hydrogen-bond acceptors (Lipinski definition) is 4. The first kappa shape index (κ1) is 13.3. The van der Waals surface area contributed by atoms with Gasteiger partial charge in [-0.15, -0.1) is 0 Å². The molecule has 0 saturated heterocycles. The highest BCUT2D eigenvalue weighted by Crippen LogP contribution is 2.28. The van der Waals surface area contributed by atoms with Crippen molar-refractivity contribution in [1.82, 2.24) is 9.97 Å². The third-order valence-corrected chi connectivity index (χ3v) is 4.35. The Labute approximate surface area is 126 Å². The number of pyridine rings is 1. The summed E-state index contributed by atoms with van der Waals surface area (Å²) in [5.74, 6) is 0. The molecular weight excluding hydrogens is 290 g/mol. The maximum atomic E-state index is 5.97. The predicted octanol–water partition coefficient (Wildman–Crippen LogP) is 4.52. The van der Waals surface area contributed by atoms with E-state index in [1.165, 1.54) is 5.56 Å². The van der Waals surface area contributed by atoms with E-state index >= 15 is 0 Å². The topological polar surface area (TPSA) is 37.8 Å². The number of nitrogens with one attached hydrogen (secondary N) is 1. The van der Waals surface area contributed by atoms with Crippen LogP contribution in [-0.2, 0) is 13.0 Å². The molecule has 1 N–H and O–H groups in total. The van der Waals surface area contributed by atoms with Gasteiger partial charge in [-0.1, -0.05) is 35.9 Å². The molecule has 0 radical (unpaired) electrons. The van der Waals surface area contributed by atoms with Gasteiger partial charge in [-0.25, -0.2) is 4.98 Å². The second kappa shape index (κ2) is 5.77. The van der Waals surface area contributed by atoms with Gasteiger partial charge in [0.25, 0.3) is 0 Å². The number of hydrogen-bond donors (Lipinski definition) is 1. The molecule has 0 saturated carbocycles. The van der Waals surface area contributed by atoms with E-state index in [-0.39, 0.29) is 0 Å². The van der Waals surface area contributed by atoms with Crippen molar-refractivity contribution in [2.75, 3.05) is 5.32 Å². The van der Waals surface area contributed by atoms with E-state index < -0.39 is 0 Å². The van der Waals surface area contributed by atoms with E-state index in [1.54, 1.807) is 11.3 Å². The second-order valence-corrected chi connectivity index (χ2v) is 5.91. The highest BCUT2D eigenvalue weighted by atomic mass is 35.5. The summed E-state index contributed by atoms with van der Waals surface area (Å²) < 4.78 is 1.13. The van der Waals surface area contributed by atoms with E-state index in [4.69, 9.17) is 11.6 Å². The number of aromatic nitrogens is 2. The van der Waals surface area contributed by atoms with Gasteiger partial charge in [0.2, 0.25) is 0 Å². The minimum absolute atomic E-state index is 0.692. The van der Waals surface area contributed by atoms with E-state index in [0.29, 0.717) is 11.6 Å². The largest absolute Gasteiger partial charge is 0.356 e. The van der Waals surface area contributed by atoms with Crippen molar-refractivity contribution in [3.63, 3.8) is 0 Å². The van der Waals surface area contributed by atoms with Crippen molar-refractivity contribution in [2.24, 2.45) is 0 Å². The van der Waals surface area contributed by atoms with Crippen molar-refractivity contribution in [2.45, 2.75) is 19.9 Å². The molecule has 0 spiro atoms. The average molecular weight is 304 g/mol. The number of rotatable bonds is 4. The summed E-state index contributed by atoms with van der Waals surface area (Å²) in [6.45, 7) is 2.83. The van der Waals surface area contributed by atoms with Gasteiger partial charge < -0.3 is 5.32 Å². The van der Waals surface area contributed by atoms with Crippen LogP contribution in [0.1, 0.15) is 18.2 Å². The van der Waals surface area contributed by atoms with Crippen LogP contribution in [0.3, 0.4) is 0 Å². The van der Waals surface area contributed by atoms with Gasteiger partial charge in [0.05, 0.1) is 22.5 Å². The molecule has 5 heteroatoms. The normalized spacial score (nSPS) is 10.9. The Hall–Kier alpha value is -1.65. The maximum Gasteiger partial charge on any atom is 0.184 e. The average Bonchev–Trinajstić information content (AvgIpc) is 2.87. The van der Waals surface area contributed by atoms with Gasteiger partial charge in [-0.05, 0) is 36.2 Å². The fourth-order valence-corrected chi connectivity index (χ4v) is 3.10. The lowest BCUT2D eigenvalue weighted by Crippen LogP contribution is -2.04. The molecule has 0 aliphatic rings. The summed E-state index contributed by atoms with van der Waals surface area (Å²) in [6.07, 6.45) is 2.81. The minimum Gasteiger partial charge on any atom is -0.356 e. The molecule has 0 amide bonds. The van der Waals surface area contributed by atoms with Crippen molar-refractivity contribution in [1.29, 1.82) is 0 Å². The van der Waals surface area contributed by atoms with Crippen LogP contribution in [0.4, 0.5) is 5.13 Å². The minimum atomic E-state index is 0.692. The third kappa shape index (κ3) is 2.76. The molecule has 0 aliphatic carbocycles. The number of fused-ring (bicyclic) bond motifs is 1. The number of anilines is 1. The van der Waals surface area contributed by atoms with Crippen LogP contribution in [0.25, 0.3) is 10.2 Å². The number of aryl methyl sites for hydroxylation is 1. The SMILES string of the molecule is CCc1cccnc1CNc1nc2cc(Cl)ccc2s1. The van der Waals surface area contributed by atoms with Crippen LogP contribution in [0.2, 0.25) is 5.02 Å². The van der Waals surface area contributed by atoms with Crippen molar-refractivity contribution in [3.05, 3.63) is 52.8 Å². The molecule has 0 unspecified atom stereocenters. The monoisotopic (exact) mass is 303 g/mol.